The number of para-hydroxylation sites is 4. The van der Waals surface area contributed by atoms with E-state index in [-0.39, 0.29) is 0 Å². The number of furan rings is 1. The van der Waals surface area contributed by atoms with Gasteiger partial charge in [0.15, 0.2) is 0 Å². The molecule has 0 saturated heterocycles. The van der Waals surface area contributed by atoms with Gasteiger partial charge < -0.3 is 8.98 Å². The van der Waals surface area contributed by atoms with Crippen LogP contribution in [-0.4, -0.2) is 19.1 Å². The van der Waals surface area contributed by atoms with Gasteiger partial charge in [0.1, 0.15) is 5.58 Å². The molecular weight excluding hydrogens is 657 g/mol. The van der Waals surface area contributed by atoms with Crippen molar-refractivity contribution in [3.63, 3.8) is 0 Å². The van der Waals surface area contributed by atoms with E-state index in [9.17, 15) is 0 Å². The van der Waals surface area contributed by atoms with Crippen molar-refractivity contribution in [1.82, 2.24) is 19.1 Å². The van der Waals surface area contributed by atoms with Crippen molar-refractivity contribution in [3.05, 3.63) is 158 Å². The molecule has 5 heterocycles. The molecule has 0 spiro atoms. The van der Waals surface area contributed by atoms with Crippen LogP contribution in [0.4, 0.5) is 0 Å². The Kier molecular flexibility index (Phi) is 5.59. The highest BCUT2D eigenvalue weighted by atomic mass is 32.1. The number of aromatic nitrogens is 4. The number of thiophene rings is 1. The quantitative estimate of drug-likeness (QED) is 0.186. The van der Waals surface area contributed by atoms with E-state index in [1.165, 1.54) is 47.2 Å². The summed E-state index contributed by atoms with van der Waals surface area (Å²) >= 11 is 1.82. The van der Waals surface area contributed by atoms with Crippen molar-refractivity contribution in [2.75, 3.05) is 0 Å². The molecule has 0 bridgehead atoms. The fourth-order valence-electron chi connectivity index (χ4n) is 8.37. The second-order valence-corrected chi connectivity index (χ2v) is 14.4. The number of benzene rings is 7. The summed E-state index contributed by atoms with van der Waals surface area (Å²) in [5.74, 6) is 0.586. The van der Waals surface area contributed by atoms with Gasteiger partial charge in [0.25, 0.3) is 0 Å². The molecule has 0 radical (unpaired) electrons. The first kappa shape index (κ1) is 28.0. The van der Waals surface area contributed by atoms with Gasteiger partial charge in [0.05, 0.1) is 33.1 Å². The maximum Gasteiger partial charge on any atom is 0.238 e. The third-order valence-corrected chi connectivity index (χ3v) is 11.7. The standard InChI is InChI=1S/C46H26N4OS/c1-2-12-28(13-3-1)49-35-18-8-5-15-30(35)34-26-27(22-24-37(34)49)43-42-32-16-6-10-20-38(32)51-45(42)48-46(47-43)50-36-19-9-4-14-29(36)31-23-25-40-41(44(31)50)33-17-7-11-21-39(33)52-40/h1-26H. The number of hydrogen-bond donors (Lipinski definition) is 0. The first-order valence-corrected chi connectivity index (χ1v) is 18.2. The van der Waals surface area contributed by atoms with E-state index in [4.69, 9.17) is 14.4 Å². The molecule has 0 unspecified atom stereocenters. The third-order valence-electron chi connectivity index (χ3n) is 10.6. The fourth-order valence-corrected chi connectivity index (χ4v) is 9.48. The van der Waals surface area contributed by atoms with Crippen LogP contribution < -0.4 is 0 Å². The monoisotopic (exact) mass is 682 g/mol. The average Bonchev–Trinajstić information content (AvgIpc) is 3.95. The molecule has 12 rings (SSSR count). The minimum atomic E-state index is 0.571. The van der Waals surface area contributed by atoms with E-state index >= 15 is 0 Å². The highest BCUT2D eigenvalue weighted by Crippen LogP contribution is 2.44. The highest BCUT2D eigenvalue weighted by Gasteiger charge is 2.24. The van der Waals surface area contributed by atoms with Crippen molar-refractivity contribution in [2.24, 2.45) is 0 Å². The molecule has 0 fully saturated rings. The van der Waals surface area contributed by atoms with Crippen LogP contribution in [0.1, 0.15) is 0 Å². The van der Waals surface area contributed by atoms with Crippen LogP contribution in [0.5, 0.6) is 0 Å². The molecule has 0 saturated carbocycles. The Morgan fingerprint density at radius 1 is 0.462 bits per heavy atom. The summed E-state index contributed by atoms with van der Waals surface area (Å²) in [4.78, 5) is 10.8. The lowest BCUT2D eigenvalue weighted by Gasteiger charge is -2.11. The lowest BCUT2D eigenvalue weighted by molar-refractivity contribution is 0.651. The Hall–Kier alpha value is -6.76. The summed E-state index contributed by atoms with van der Waals surface area (Å²) in [6.07, 6.45) is 0. The number of rotatable bonds is 3. The van der Waals surface area contributed by atoms with Gasteiger partial charge in [-0.15, -0.1) is 11.3 Å². The zero-order valence-corrected chi connectivity index (χ0v) is 28.4. The molecule has 0 N–H and O–H groups in total. The van der Waals surface area contributed by atoms with E-state index < -0.39 is 0 Å². The molecule has 6 heteroatoms. The predicted molar refractivity (Wildman–Crippen MR) is 216 cm³/mol. The Morgan fingerprint density at radius 2 is 1.13 bits per heavy atom. The Labute approximate surface area is 300 Å². The Bertz CT molecular complexity index is 3420. The van der Waals surface area contributed by atoms with Crippen molar-refractivity contribution < 1.29 is 4.42 Å². The van der Waals surface area contributed by atoms with Crippen molar-refractivity contribution in [3.8, 4) is 22.9 Å². The summed E-state index contributed by atoms with van der Waals surface area (Å²) in [5, 5.41) is 9.08. The SMILES string of the molecule is c1ccc(-n2c3ccccc3c3cc(-c4nc(-n5c6ccccc6c6ccc7sc8ccccc8c7c65)nc5oc6ccccc6c45)ccc32)cc1. The second-order valence-electron chi connectivity index (χ2n) is 13.4. The van der Waals surface area contributed by atoms with Gasteiger partial charge in [-0.25, -0.2) is 4.98 Å². The van der Waals surface area contributed by atoms with Crippen LogP contribution in [-0.2, 0) is 0 Å². The van der Waals surface area contributed by atoms with Gasteiger partial charge in [0, 0.05) is 58.4 Å². The van der Waals surface area contributed by atoms with Crippen LogP contribution in [0.2, 0.25) is 0 Å². The molecule has 52 heavy (non-hydrogen) atoms. The zero-order chi connectivity index (χ0) is 33.9. The first-order valence-electron chi connectivity index (χ1n) is 17.4. The minimum Gasteiger partial charge on any atom is -0.437 e. The smallest absolute Gasteiger partial charge is 0.238 e. The molecule has 12 aromatic rings. The topological polar surface area (TPSA) is 48.8 Å². The molecule has 5 aromatic heterocycles. The molecule has 7 aromatic carbocycles. The van der Waals surface area contributed by atoms with E-state index in [2.05, 4.69) is 155 Å². The lowest BCUT2D eigenvalue weighted by atomic mass is 10.0. The maximum atomic E-state index is 6.57. The van der Waals surface area contributed by atoms with E-state index in [0.29, 0.717) is 11.7 Å². The fraction of sp³-hybridized carbons (Fsp3) is 0. The maximum absolute atomic E-state index is 6.57. The average molecular weight is 683 g/mol. The Balaban J connectivity index is 1.21. The van der Waals surface area contributed by atoms with Crippen molar-refractivity contribution >= 4 is 97.2 Å². The molecule has 0 amide bonds. The molecule has 0 atom stereocenters. The van der Waals surface area contributed by atoms with Crippen LogP contribution in [0, 0.1) is 0 Å². The van der Waals surface area contributed by atoms with Crippen LogP contribution in [0.3, 0.4) is 0 Å². The van der Waals surface area contributed by atoms with Crippen molar-refractivity contribution in [1.29, 1.82) is 0 Å². The Morgan fingerprint density at radius 3 is 1.98 bits per heavy atom. The van der Waals surface area contributed by atoms with Crippen LogP contribution >= 0.6 is 11.3 Å². The van der Waals surface area contributed by atoms with E-state index in [1.807, 2.05) is 23.5 Å². The normalized spacial score (nSPS) is 12.2. The lowest BCUT2D eigenvalue weighted by Crippen LogP contribution is -2.03. The largest absolute Gasteiger partial charge is 0.437 e. The van der Waals surface area contributed by atoms with Crippen LogP contribution in [0.15, 0.2) is 162 Å². The molecular formula is C46H26N4OS. The predicted octanol–water partition coefficient (Wildman–Crippen LogP) is 12.6. The molecule has 0 aliphatic carbocycles. The van der Waals surface area contributed by atoms with E-state index in [0.717, 1.165) is 49.9 Å². The zero-order valence-electron chi connectivity index (χ0n) is 27.6. The van der Waals surface area contributed by atoms with Gasteiger partial charge in [0.2, 0.25) is 11.7 Å². The molecule has 0 aliphatic heterocycles. The van der Waals surface area contributed by atoms with Gasteiger partial charge in [-0.05, 0) is 54.6 Å². The summed E-state index contributed by atoms with van der Waals surface area (Å²) in [6.45, 7) is 0. The van der Waals surface area contributed by atoms with Gasteiger partial charge in [-0.3, -0.25) is 4.57 Å². The first-order chi connectivity index (χ1) is 25.8. The van der Waals surface area contributed by atoms with Gasteiger partial charge >= 0.3 is 0 Å². The van der Waals surface area contributed by atoms with Gasteiger partial charge in [-0.1, -0.05) is 103 Å². The summed E-state index contributed by atoms with van der Waals surface area (Å²) in [6, 6.07) is 55.9. The number of fused-ring (bicyclic) bond motifs is 13. The summed E-state index contributed by atoms with van der Waals surface area (Å²) < 4.78 is 13.7. The molecule has 242 valence electrons. The number of hydrogen-bond acceptors (Lipinski definition) is 4. The third kappa shape index (κ3) is 3.76. The molecule has 5 nitrogen and oxygen atoms in total. The highest BCUT2D eigenvalue weighted by molar-refractivity contribution is 7.26. The summed E-state index contributed by atoms with van der Waals surface area (Å²) in [7, 11) is 0. The van der Waals surface area contributed by atoms with Crippen LogP contribution in [0.25, 0.3) is 109 Å². The number of nitrogens with zero attached hydrogens (tertiary/aromatic N) is 4. The minimum absolute atomic E-state index is 0.571. The van der Waals surface area contributed by atoms with Crippen molar-refractivity contribution in [2.45, 2.75) is 0 Å². The summed E-state index contributed by atoms with van der Waals surface area (Å²) in [5.41, 5.74) is 8.83. The van der Waals surface area contributed by atoms with E-state index in [1.54, 1.807) is 0 Å². The van der Waals surface area contributed by atoms with Gasteiger partial charge in [-0.2, -0.15) is 4.98 Å². The second kappa shape index (κ2) is 10.4. The molecule has 0 aliphatic rings.